The van der Waals surface area contributed by atoms with Crippen LogP contribution in [0.2, 0.25) is 0 Å². The Morgan fingerprint density at radius 2 is 2.22 bits per heavy atom. The fraction of sp³-hybridized carbons (Fsp3) is 0.500. The third-order valence-corrected chi connectivity index (χ3v) is 3.79. The van der Waals surface area contributed by atoms with Gasteiger partial charge in [0, 0.05) is 18.3 Å². The van der Waals surface area contributed by atoms with Crippen LogP contribution in [0.15, 0.2) is 18.2 Å². The molecule has 0 amide bonds. The summed E-state index contributed by atoms with van der Waals surface area (Å²) in [6.07, 6.45) is 2.12. The van der Waals surface area contributed by atoms with Gasteiger partial charge in [0.05, 0.1) is 12.7 Å². The minimum absolute atomic E-state index is 0.529. The zero-order chi connectivity index (χ0) is 13.5. The Bertz CT molecular complexity index is 428. The lowest BCUT2D eigenvalue weighted by molar-refractivity contribution is 0.269. The Kier molecular flexibility index (Phi) is 6.03. The molecule has 0 bridgehead atoms. The Morgan fingerprint density at radius 1 is 1.50 bits per heavy atom. The van der Waals surface area contributed by atoms with Crippen LogP contribution in [0.4, 0.5) is 0 Å². The number of nitrogens with zero attached hydrogens (tertiary/aromatic N) is 2. The van der Waals surface area contributed by atoms with E-state index in [-0.39, 0.29) is 0 Å². The number of nitriles is 1. The lowest BCUT2D eigenvalue weighted by atomic mass is 10.1. The standard InChI is InChI=1S/C14H20N2OS/c1-11(10-18-4)16(2)9-12-5-6-13(8-15)14(7-12)17-3/h5-7,11H,9-10H2,1-4H3. The fourth-order valence-electron chi connectivity index (χ4n) is 1.74. The molecule has 0 saturated carbocycles. The van der Waals surface area contributed by atoms with Crippen LogP contribution >= 0.6 is 11.8 Å². The minimum Gasteiger partial charge on any atom is -0.495 e. The predicted molar refractivity (Wildman–Crippen MR) is 77.0 cm³/mol. The van der Waals surface area contributed by atoms with Crippen molar-refractivity contribution in [2.24, 2.45) is 0 Å². The molecule has 0 aliphatic heterocycles. The molecule has 0 spiro atoms. The zero-order valence-corrected chi connectivity index (χ0v) is 12.3. The first-order chi connectivity index (χ1) is 8.62. The SMILES string of the molecule is COc1cc(CN(C)C(C)CSC)ccc1C#N. The monoisotopic (exact) mass is 264 g/mol. The van der Waals surface area contributed by atoms with Crippen molar-refractivity contribution in [3.8, 4) is 11.8 Å². The second-order valence-corrected chi connectivity index (χ2v) is 5.28. The summed E-state index contributed by atoms with van der Waals surface area (Å²) >= 11 is 1.85. The van der Waals surface area contributed by atoms with Gasteiger partial charge in [0.25, 0.3) is 0 Å². The largest absolute Gasteiger partial charge is 0.495 e. The average molecular weight is 264 g/mol. The average Bonchev–Trinajstić information content (AvgIpc) is 2.38. The van der Waals surface area contributed by atoms with Crippen LogP contribution in [-0.2, 0) is 6.54 Å². The molecule has 0 N–H and O–H groups in total. The second-order valence-electron chi connectivity index (χ2n) is 4.37. The van der Waals surface area contributed by atoms with Gasteiger partial charge in [-0.15, -0.1) is 0 Å². The molecule has 18 heavy (non-hydrogen) atoms. The quantitative estimate of drug-likeness (QED) is 0.791. The van der Waals surface area contributed by atoms with E-state index in [1.807, 2.05) is 30.0 Å². The molecular weight excluding hydrogens is 244 g/mol. The molecule has 1 rings (SSSR count). The summed E-state index contributed by atoms with van der Waals surface area (Å²) in [6.45, 7) is 3.08. The van der Waals surface area contributed by atoms with E-state index in [9.17, 15) is 0 Å². The van der Waals surface area contributed by atoms with Crippen molar-refractivity contribution in [1.29, 1.82) is 5.26 Å². The molecule has 0 aliphatic carbocycles. The molecule has 0 saturated heterocycles. The van der Waals surface area contributed by atoms with Gasteiger partial charge in [-0.1, -0.05) is 6.07 Å². The summed E-state index contributed by atoms with van der Waals surface area (Å²) in [5.74, 6) is 1.77. The molecule has 0 radical (unpaired) electrons. The van der Waals surface area contributed by atoms with Gasteiger partial charge >= 0.3 is 0 Å². The number of methoxy groups -OCH3 is 1. The van der Waals surface area contributed by atoms with Gasteiger partial charge < -0.3 is 4.74 Å². The Balaban J connectivity index is 2.76. The molecule has 1 aromatic carbocycles. The number of hydrogen-bond donors (Lipinski definition) is 0. The van der Waals surface area contributed by atoms with Crippen LogP contribution < -0.4 is 4.74 Å². The van der Waals surface area contributed by atoms with Crippen LogP contribution in [0.1, 0.15) is 18.1 Å². The molecule has 1 atom stereocenters. The maximum Gasteiger partial charge on any atom is 0.136 e. The van der Waals surface area contributed by atoms with E-state index in [0.717, 1.165) is 12.3 Å². The maximum absolute atomic E-state index is 8.94. The minimum atomic E-state index is 0.529. The predicted octanol–water partition coefficient (Wildman–Crippen LogP) is 2.75. The summed E-state index contributed by atoms with van der Waals surface area (Å²) in [4.78, 5) is 2.30. The first-order valence-electron chi connectivity index (χ1n) is 5.88. The highest BCUT2D eigenvalue weighted by molar-refractivity contribution is 7.98. The number of thioether (sulfide) groups is 1. The van der Waals surface area contributed by atoms with Crippen molar-refractivity contribution in [2.45, 2.75) is 19.5 Å². The van der Waals surface area contributed by atoms with Crippen molar-refractivity contribution >= 4 is 11.8 Å². The summed E-state index contributed by atoms with van der Waals surface area (Å²) in [5, 5.41) is 8.94. The van der Waals surface area contributed by atoms with E-state index >= 15 is 0 Å². The molecule has 0 fully saturated rings. The van der Waals surface area contributed by atoms with Crippen molar-refractivity contribution in [3.63, 3.8) is 0 Å². The lowest BCUT2D eigenvalue weighted by Gasteiger charge is -2.24. The van der Waals surface area contributed by atoms with Gasteiger partial charge in [0.15, 0.2) is 0 Å². The van der Waals surface area contributed by atoms with Gasteiger partial charge in [-0.3, -0.25) is 4.90 Å². The third-order valence-electron chi connectivity index (χ3n) is 2.98. The Morgan fingerprint density at radius 3 is 2.78 bits per heavy atom. The zero-order valence-electron chi connectivity index (χ0n) is 11.4. The smallest absolute Gasteiger partial charge is 0.136 e. The third kappa shape index (κ3) is 3.94. The number of benzene rings is 1. The van der Waals surface area contributed by atoms with E-state index in [1.165, 1.54) is 5.56 Å². The molecule has 1 aromatic rings. The highest BCUT2D eigenvalue weighted by atomic mass is 32.2. The summed E-state index contributed by atoms with van der Waals surface area (Å²) in [5.41, 5.74) is 1.75. The summed E-state index contributed by atoms with van der Waals surface area (Å²) in [7, 11) is 3.71. The van der Waals surface area contributed by atoms with E-state index < -0.39 is 0 Å². The normalized spacial score (nSPS) is 12.2. The topological polar surface area (TPSA) is 36.3 Å². The van der Waals surface area contributed by atoms with Crippen LogP contribution in [0.25, 0.3) is 0 Å². The van der Waals surface area contributed by atoms with Crippen LogP contribution in [-0.4, -0.2) is 37.1 Å². The lowest BCUT2D eigenvalue weighted by Crippen LogP contribution is -2.30. The van der Waals surface area contributed by atoms with Gasteiger partial charge in [-0.25, -0.2) is 0 Å². The van der Waals surface area contributed by atoms with Gasteiger partial charge in [-0.2, -0.15) is 17.0 Å². The molecule has 4 heteroatoms. The van der Waals surface area contributed by atoms with E-state index in [0.29, 0.717) is 17.4 Å². The number of hydrogen-bond acceptors (Lipinski definition) is 4. The van der Waals surface area contributed by atoms with Crippen molar-refractivity contribution in [1.82, 2.24) is 4.90 Å². The molecule has 0 aromatic heterocycles. The van der Waals surface area contributed by atoms with Gasteiger partial charge in [0.2, 0.25) is 0 Å². The van der Waals surface area contributed by atoms with Crippen molar-refractivity contribution in [2.75, 3.05) is 26.2 Å². The first kappa shape index (κ1) is 14.9. The van der Waals surface area contributed by atoms with Crippen LogP contribution in [0.5, 0.6) is 5.75 Å². The van der Waals surface area contributed by atoms with Crippen LogP contribution in [0, 0.1) is 11.3 Å². The summed E-state index contributed by atoms with van der Waals surface area (Å²) < 4.78 is 5.22. The molecule has 0 aliphatic rings. The highest BCUT2D eigenvalue weighted by Gasteiger charge is 2.10. The number of rotatable bonds is 6. The molecule has 3 nitrogen and oxygen atoms in total. The molecular formula is C14H20N2OS. The first-order valence-corrected chi connectivity index (χ1v) is 7.28. The van der Waals surface area contributed by atoms with E-state index in [1.54, 1.807) is 7.11 Å². The van der Waals surface area contributed by atoms with Gasteiger partial charge in [-0.05, 0) is 37.9 Å². The number of ether oxygens (including phenoxy) is 1. The molecule has 98 valence electrons. The van der Waals surface area contributed by atoms with Crippen molar-refractivity contribution < 1.29 is 4.74 Å². The Hall–Kier alpha value is -1.18. The highest BCUT2D eigenvalue weighted by Crippen LogP contribution is 2.20. The van der Waals surface area contributed by atoms with E-state index in [4.69, 9.17) is 10.00 Å². The van der Waals surface area contributed by atoms with Crippen LogP contribution in [0.3, 0.4) is 0 Å². The van der Waals surface area contributed by atoms with Gasteiger partial charge in [0.1, 0.15) is 11.8 Å². The fourth-order valence-corrected chi connectivity index (χ4v) is 2.48. The van der Waals surface area contributed by atoms with E-state index in [2.05, 4.69) is 31.2 Å². The van der Waals surface area contributed by atoms with Crippen molar-refractivity contribution in [3.05, 3.63) is 29.3 Å². The molecule has 1 unspecified atom stereocenters. The second kappa shape index (κ2) is 7.30. The maximum atomic E-state index is 8.94. The molecule has 0 heterocycles. The summed E-state index contributed by atoms with van der Waals surface area (Å²) in [6, 6.07) is 8.41. The Labute approximate surface area is 114 Å².